The second-order valence-electron chi connectivity index (χ2n) is 10.2. The first-order valence-corrected chi connectivity index (χ1v) is 14.2. The fourth-order valence-corrected chi connectivity index (χ4v) is 5.42. The van der Waals surface area contributed by atoms with Crippen molar-refractivity contribution in [3.63, 3.8) is 0 Å². The van der Waals surface area contributed by atoms with Crippen molar-refractivity contribution in [2.24, 2.45) is 0 Å². The summed E-state index contributed by atoms with van der Waals surface area (Å²) in [6.07, 6.45) is 24.1. The Bertz CT molecular complexity index is 550. The maximum Gasteiger partial charge on any atom is 0.146 e. The molecule has 0 bridgehead atoms. The van der Waals surface area contributed by atoms with E-state index in [0.717, 1.165) is 51.4 Å². The number of methoxy groups -OCH3 is 2. The summed E-state index contributed by atoms with van der Waals surface area (Å²) in [6.45, 7) is 2.88. The topological polar surface area (TPSA) is 55.4 Å². The van der Waals surface area contributed by atoms with Gasteiger partial charge in [-0.2, -0.15) is 0 Å². The zero-order valence-corrected chi connectivity index (χ0v) is 22.7. The first-order valence-electron chi connectivity index (χ1n) is 14.2. The molecule has 6 atom stereocenters. The first-order chi connectivity index (χ1) is 17.2. The summed E-state index contributed by atoms with van der Waals surface area (Å²) < 4.78 is 35.5. The summed E-state index contributed by atoms with van der Waals surface area (Å²) in [6, 6.07) is 0. The highest BCUT2D eigenvalue weighted by atomic mass is 16.7. The van der Waals surface area contributed by atoms with Gasteiger partial charge in [-0.15, -0.1) is 12.3 Å². The first kappa shape index (κ1) is 30.5. The predicted octanol–water partition coefficient (Wildman–Crippen LogP) is 6.39. The van der Waals surface area contributed by atoms with Crippen LogP contribution in [0.3, 0.4) is 0 Å². The number of terminal acetylenes is 1. The van der Waals surface area contributed by atoms with Crippen molar-refractivity contribution in [2.45, 2.75) is 146 Å². The number of ether oxygens (including phenoxy) is 6. The molecule has 0 aromatic rings. The minimum absolute atomic E-state index is 0.0165. The van der Waals surface area contributed by atoms with E-state index in [2.05, 4.69) is 12.8 Å². The smallest absolute Gasteiger partial charge is 0.146 e. The molecule has 2 saturated heterocycles. The van der Waals surface area contributed by atoms with E-state index in [9.17, 15) is 0 Å². The van der Waals surface area contributed by atoms with E-state index in [1.807, 2.05) is 0 Å². The maximum absolute atomic E-state index is 6.65. The van der Waals surface area contributed by atoms with Crippen LogP contribution in [0, 0.1) is 12.3 Å². The summed E-state index contributed by atoms with van der Waals surface area (Å²) in [5, 5.41) is 0. The van der Waals surface area contributed by atoms with Crippen molar-refractivity contribution in [3.05, 3.63) is 0 Å². The van der Waals surface area contributed by atoms with Crippen LogP contribution in [0.4, 0.5) is 0 Å². The van der Waals surface area contributed by atoms with E-state index < -0.39 is 0 Å². The molecule has 0 aromatic carbocycles. The van der Waals surface area contributed by atoms with Crippen LogP contribution >= 0.6 is 0 Å². The molecule has 0 aromatic heterocycles. The molecule has 204 valence electrons. The second-order valence-corrected chi connectivity index (χ2v) is 10.2. The van der Waals surface area contributed by atoms with Gasteiger partial charge < -0.3 is 28.4 Å². The van der Waals surface area contributed by atoms with Crippen LogP contribution in [0.1, 0.15) is 110 Å². The molecule has 6 nitrogen and oxygen atoms in total. The lowest BCUT2D eigenvalue weighted by atomic mass is 9.93. The summed E-state index contributed by atoms with van der Waals surface area (Å²) in [4.78, 5) is 0. The zero-order chi connectivity index (χ0) is 25.1. The van der Waals surface area contributed by atoms with Crippen LogP contribution in [-0.4, -0.2) is 64.4 Å². The highest BCUT2D eigenvalue weighted by Crippen LogP contribution is 2.35. The molecule has 0 unspecified atom stereocenters. The van der Waals surface area contributed by atoms with Crippen LogP contribution < -0.4 is 0 Å². The Kier molecular flexibility index (Phi) is 17.0. The van der Waals surface area contributed by atoms with Crippen LogP contribution in [0.5, 0.6) is 0 Å². The fourth-order valence-electron chi connectivity index (χ4n) is 5.42. The third-order valence-corrected chi connectivity index (χ3v) is 7.37. The molecule has 2 aliphatic rings. The Balaban J connectivity index is 1.81. The molecule has 0 saturated carbocycles. The second kappa shape index (κ2) is 19.4. The monoisotopic (exact) mass is 496 g/mol. The normalized spacial score (nSPS) is 27.7. The lowest BCUT2D eigenvalue weighted by Gasteiger charge is -2.39. The van der Waals surface area contributed by atoms with E-state index in [1.165, 1.54) is 51.4 Å². The fraction of sp³-hybridized carbons (Fsp3) is 0.931. The predicted molar refractivity (Wildman–Crippen MR) is 139 cm³/mol. The molecular formula is C29H52O6. The molecule has 0 N–H and O–H groups in total. The van der Waals surface area contributed by atoms with Gasteiger partial charge in [-0.25, -0.2) is 0 Å². The SMILES string of the molecule is C#CCCC[C@@H](OCOC)[C@H]1CC[C@H]([C@@H]2CC[C@@H](OCOC)[C@H](CCCCCCCCCC)O2)O1. The molecule has 2 aliphatic heterocycles. The summed E-state index contributed by atoms with van der Waals surface area (Å²) >= 11 is 0. The van der Waals surface area contributed by atoms with Crippen LogP contribution in [0.25, 0.3) is 0 Å². The molecule has 6 heteroatoms. The van der Waals surface area contributed by atoms with Gasteiger partial charge >= 0.3 is 0 Å². The molecule has 0 aliphatic carbocycles. The molecule has 2 heterocycles. The van der Waals surface area contributed by atoms with Crippen LogP contribution in [0.2, 0.25) is 0 Å². The molecule has 2 rings (SSSR count). The van der Waals surface area contributed by atoms with Crippen molar-refractivity contribution in [1.29, 1.82) is 0 Å². The van der Waals surface area contributed by atoms with Crippen molar-refractivity contribution in [2.75, 3.05) is 27.8 Å². The van der Waals surface area contributed by atoms with Gasteiger partial charge in [0.25, 0.3) is 0 Å². The van der Waals surface area contributed by atoms with Gasteiger partial charge in [0.2, 0.25) is 0 Å². The molecular weight excluding hydrogens is 444 g/mol. The van der Waals surface area contributed by atoms with Gasteiger partial charge in [0.05, 0.1) is 36.6 Å². The minimum atomic E-state index is 0.0165. The van der Waals surface area contributed by atoms with Gasteiger partial charge in [-0.1, -0.05) is 58.3 Å². The quantitative estimate of drug-likeness (QED) is 0.111. The molecule has 0 spiro atoms. The highest BCUT2D eigenvalue weighted by Gasteiger charge is 2.41. The standard InChI is InChI=1S/C29H52O6/c1-5-7-9-10-11-12-13-15-17-26-25(33-23-31-4)18-19-28(34-26)29-21-20-27(35-29)24(32-22-30-3)16-14-8-6-2/h2,24-29H,5,7-23H2,1,3-4H3/t24-,25-,26+,27-,28+,29-/m1/s1. The molecule has 0 radical (unpaired) electrons. The van der Waals surface area contributed by atoms with Crippen molar-refractivity contribution < 1.29 is 28.4 Å². The van der Waals surface area contributed by atoms with Gasteiger partial charge in [0.15, 0.2) is 0 Å². The van der Waals surface area contributed by atoms with E-state index in [-0.39, 0.29) is 43.4 Å². The number of hydrogen-bond acceptors (Lipinski definition) is 6. The Morgan fingerprint density at radius 1 is 0.829 bits per heavy atom. The lowest BCUT2D eigenvalue weighted by Crippen LogP contribution is -2.45. The Morgan fingerprint density at radius 2 is 1.51 bits per heavy atom. The van der Waals surface area contributed by atoms with Crippen molar-refractivity contribution >= 4 is 0 Å². The van der Waals surface area contributed by atoms with E-state index in [4.69, 9.17) is 34.8 Å². The Labute approximate surface area is 215 Å². The van der Waals surface area contributed by atoms with Crippen LogP contribution in [0.15, 0.2) is 0 Å². The van der Waals surface area contributed by atoms with E-state index in [0.29, 0.717) is 6.79 Å². The van der Waals surface area contributed by atoms with Gasteiger partial charge in [0, 0.05) is 20.6 Å². The van der Waals surface area contributed by atoms with E-state index in [1.54, 1.807) is 14.2 Å². The van der Waals surface area contributed by atoms with Crippen molar-refractivity contribution in [1.82, 2.24) is 0 Å². The molecule has 35 heavy (non-hydrogen) atoms. The van der Waals surface area contributed by atoms with Crippen LogP contribution in [-0.2, 0) is 28.4 Å². The van der Waals surface area contributed by atoms with E-state index >= 15 is 0 Å². The molecule has 2 fully saturated rings. The van der Waals surface area contributed by atoms with Gasteiger partial charge in [-0.05, 0) is 44.9 Å². The number of rotatable bonds is 20. The summed E-state index contributed by atoms with van der Waals surface area (Å²) in [5.74, 6) is 2.72. The summed E-state index contributed by atoms with van der Waals surface area (Å²) in [7, 11) is 3.33. The van der Waals surface area contributed by atoms with Crippen molar-refractivity contribution in [3.8, 4) is 12.3 Å². The maximum atomic E-state index is 6.65. The third kappa shape index (κ3) is 11.9. The van der Waals surface area contributed by atoms with Gasteiger partial charge in [0.1, 0.15) is 13.6 Å². The van der Waals surface area contributed by atoms with Gasteiger partial charge in [-0.3, -0.25) is 0 Å². The highest BCUT2D eigenvalue weighted by molar-refractivity contribution is 4.90. The largest absolute Gasteiger partial charge is 0.370 e. The Morgan fingerprint density at radius 3 is 2.23 bits per heavy atom. The zero-order valence-electron chi connectivity index (χ0n) is 22.7. The Hall–Kier alpha value is -0.680. The number of hydrogen-bond donors (Lipinski definition) is 0. The average molecular weight is 497 g/mol. The summed E-state index contributed by atoms with van der Waals surface area (Å²) in [5.41, 5.74) is 0. The third-order valence-electron chi connectivity index (χ3n) is 7.37. The molecule has 0 amide bonds. The number of unbranched alkanes of at least 4 members (excludes halogenated alkanes) is 8. The average Bonchev–Trinajstić information content (AvgIpc) is 3.37. The minimum Gasteiger partial charge on any atom is -0.370 e. The lowest BCUT2D eigenvalue weighted by molar-refractivity contribution is -0.202.